The van der Waals surface area contributed by atoms with E-state index in [1.54, 1.807) is 66.7 Å². The van der Waals surface area contributed by atoms with Crippen LogP contribution in [0.4, 0.5) is 0 Å². The summed E-state index contributed by atoms with van der Waals surface area (Å²) in [5, 5.41) is 20.9. The van der Waals surface area contributed by atoms with Crippen molar-refractivity contribution < 1.29 is 43.5 Å². The van der Waals surface area contributed by atoms with Crippen LogP contribution < -0.4 is 0 Å². The number of esters is 3. The topological polar surface area (TPSA) is 129 Å². The van der Waals surface area contributed by atoms with Gasteiger partial charge in [-0.25, -0.2) is 14.4 Å². The minimum absolute atomic E-state index is 0.186. The van der Waals surface area contributed by atoms with Crippen LogP contribution in [0.1, 0.15) is 31.1 Å². The minimum atomic E-state index is -1.80. The molecular weight excluding hydrogens is 468 g/mol. The molecule has 0 aliphatic carbocycles. The first kappa shape index (κ1) is 25.1. The summed E-state index contributed by atoms with van der Waals surface area (Å²) in [6.07, 6.45) is -7.72. The molecule has 0 unspecified atom stereocenters. The number of carbonyl (C=O) groups excluding carboxylic acids is 3. The second kappa shape index (κ2) is 11.6. The molecule has 2 N–H and O–H groups in total. The first-order chi connectivity index (χ1) is 17.4. The highest BCUT2D eigenvalue weighted by atomic mass is 16.7. The standard InChI is InChI=1S/C27H24O9/c28-21-23(36-26(31)19-14-8-3-9-15-19)22(35-25(30)18-12-6-2-7-13-18)20(34-27(21)32)16-33-24(29)17-10-4-1-5-11-17/h1-15,20-23,27-28,32H,16H2/t20-,21+,22-,23-,27-/m1/s1. The Bertz CT molecular complexity index is 1170. The summed E-state index contributed by atoms with van der Waals surface area (Å²) in [5.74, 6) is -2.27. The number of ether oxygens (including phenoxy) is 4. The Balaban J connectivity index is 1.57. The lowest BCUT2D eigenvalue weighted by Gasteiger charge is -2.41. The highest BCUT2D eigenvalue weighted by Gasteiger charge is 2.50. The largest absolute Gasteiger partial charge is 0.459 e. The van der Waals surface area contributed by atoms with Crippen LogP contribution in [-0.4, -0.2) is 65.4 Å². The first-order valence-corrected chi connectivity index (χ1v) is 11.2. The van der Waals surface area contributed by atoms with Gasteiger partial charge in [0.15, 0.2) is 18.5 Å². The van der Waals surface area contributed by atoms with Gasteiger partial charge in [-0.1, -0.05) is 54.6 Å². The van der Waals surface area contributed by atoms with E-state index in [0.29, 0.717) is 0 Å². The molecule has 5 atom stereocenters. The Kier molecular flexibility index (Phi) is 8.06. The third-order valence-corrected chi connectivity index (χ3v) is 5.53. The molecule has 4 rings (SSSR count). The van der Waals surface area contributed by atoms with Gasteiger partial charge in [0.25, 0.3) is 0 Å². The molecule has 0 bridgehead atoms. The normalized spacial score (nSPS) is 23.3. The van der Waals surface area contributed by atoms with Crippen molar-refractivity contribution in [2.45, 2.75) is 30.7 Å². The quantitative estimate of drug-likeness (QED) is 0.377. The molecule has 0 saturated carbocycles. The zero-order chi connectivity index (χ0) is 25.5. The van der Waals surface area contributed by atoms with E-state index in [-0.39, 0.29) is 16.7 Å². The molecule has 9 nitrogen and oxygen atoms in total. The maximum atomic E-state index is 12.8. The average molecular weight is 492 g/mol. The fourth-order valence-corrected chi connectivity index (χ4v) is 3.67. The molecule has 1 aliphatic rings. The fraction of sp³-hybridized carbons (Fsp3) is 0.222. The zero-order valence-corrected chi connectivity index (χ0v) is 19.0. The van der Waals surface area contributed by atoms with Crippen LogP contribution in [0.2, 0.25) is 0 Å². The lowest BCUT2D eigenvalue weighted by atomic mass is 9.98. The number of aliphatic hydroxyl groups is 2. The first-order valence-electron chi connectivity index (χ1n) is 11.2. The van der Waals surface area contributed by atoms with E-state index in [4.69, 9.17) is 18.9 Å². The molecule has 0 spiro atoms. The van der Waals surface area contributed by atoms with Gasteiger partial charge in [-0.3, -0.25) is 0 Å². The number of hydrogen-bond donors (Lipinski definition) is 2. The lowest BCUT2D eigenvalue weighted by Crippen LogP contribution is -2.61. The number of aliphatic hydroxyl groups excluding tert-OH is 2. The smallest absolute Gasteiger partial charge is 0.338 e. The molecule has 0 aromatic heterocycles. The summed E-state index contributed by atoms with van der Waals surface area (Å²) in [6, 6.07) is 24.2. The third kappa shape index (κ3) is 5.95. The number of hydrogen-bond acceptors (Lipinski definition) is 9. The van der Waals surface area contributed by atoms with E-state index in [1.165, 1.54) is 24.3 Å². The molecule has 1 aliphatic heterocycles. The molecule has 186 valence electrons. The van der Waals surface area contributed by atoms with E-state index in [1.807, 2.05) is 0 Å². The van der Waals surface area contributed by atoms with Crippen molar-refractivity contribution >= 4 is 17.9 Å². The Morgan fingerprint density at radius 2 is 1.06 bits per heavy atom. The van der Waals surface area contributed by atoms with Gasteiger partial charge in [0.1, 0.15) is 18.8 Å². The Hall–Kier alpha value is -4.05. The molecule has 1 fully saturated rings. The van der Waals surface area contributed by atoms with E-state index >= 15 is 0 Å². The van der Waals surface area contributed by atoms with Crippen LogP contribution in [0, 0.1) is 0 Å². The molecule has 3 aromatic rings. The summed E-state index contributed by atoms with van der Waals surface area (Å²) in [6.45, 7) is -0.455. The van der Waals surface area contributed by atoms with Gasteiger partial charge >= 0.3 is 17.9 Å². The number of rotatable bonds is 7. The van der Waals surface area contributed by atoms with Crippen LogP contribution in [-0.2, 0) is 18.9 Å². The molecule has 36 heavy (non-hydrogen) atoms. The van der Waals surface area contributed by atoms with Crippen molar-refractivity contribution in [2.75, 3.05) is 6.61 Å². The monoisotopic (exact) mass is 492 g/mol. The molecule has 3 aromatic carbocycles. The van der Waals surface area contributed by atoms with Crippen molar-refractivity contribution in [3.8, 4) is 0 Å². The Morgan fingerprint density at radius 1 is 0.639 bits per heavy atom. The lowest BCUT2D eigenvalue weighted by molar-refractivity contribution is -0.285. The molecular formula is C27H24O9. The van der Waals surface area contributed by atoms with E-state index in [9.17, 15) is 24.6 Å². The van der Waals surface area contributed by atoms with Gasteiger partial charge < -0.3 is 29.2 Å². The van der Waals surface area contributed by atoms with Gasteiger partial charge in [-0.2, -0.15) is 0 Å². The maximum Gasteiger partial charge on any atom is 0.338 e. The van der Waals surface area contributed by atoms with Gasteiger partial charge in [0, 0.05) is 0 Å². The summed E-state index contributed by atoms with van der Waals surface area (Å²) >= 11 is 0. The highest BCUT2D eigenvalue weighted by Crippen LogP contribution is 2.27. The fourth-order valence-electron chi connectivity index (χ4n) is 3.67. The van der Waals surface area contributed by atoms with E-state index in [0.717, 1.165) is 0 Å². The van der Waals surface area contributed by atoms with Crippen molar-refractivity contribution in [3.63, 3.8) is 0 Å². The second-order valence-corrected chi connectivity index (χ2v) is 7.99. The van der Waals surface area contributed by atoms with Crippen LogP contribution in [0.15, 0.2) is 91.0 Å². The highest BCUT2D eigenvalue weighted by molar-refractivity contribution is 5.90. The minimum Gasteiger partial charge on any atom is -0.459 e. The van der Waals surface area contributed by atoms with E-state index < -0.39 is 55.2 Å². The predicted octanol–water partition coefficient (Wildman–Crippen LogP) is 2.37. The van der Waals surface area contributed by atoms with Gasteiger partial charge in [-0.15, -0.1) is 0 Å². The molecule has 9 heteroatoms. The summed E-state index contributed by atoms with van der Waals surface area (Å²) in [5.41, 5.74) is 0.663. The molecule has 0 amide bonds. The summed E-state index contributed by atoms with van der Waals surface area (Å²) < 4.78 is 21.8. The SMILES string of the molecule is O=C(OC[C@H]1O[C@@H](O)[C@@H](O)[C@@H](OC(=O)c2ccccc2)[C@@H]1OC(=O)c1ccccc1)c1ccccc1. The van der Waals surface area contributed by atoms with Gasteiger partial charge in [-0.05, 0) is 36.4 Å². The average Bonchev–Trinajstić information content (AvgIpc) is 2.92. The molecule has 1 heterocycles. The third-order valence-electron chi connectivity index (χ3n) is 5.53. The Labute approximate surface area is 206 Å². The summed E-state index contributed by atoms with van der Waals surface area (Å²) in [7, 11) is 0. The molecule has 0 radical (unpaired) electrons. The Morgan fingerprint density at radius 3 is 1.53 bits per heavy atom. The van der Waals surface area contributed by atoms with Crippen LogP contribution in [0.3, 0.4) is 0 Å². The van der Waals surface area contributed by atoms with Crippen molar-refractivity contribution in [3.05, 3.63) is 108 Å². The zero-order valence-electron chi connectivity index (χ0n) is 19.0. The molecule has 1 saturated heterocycles. The second-order valence-electron chi connectivity index (χ2n) is 7.99. The van der Waals surface area contributed by atoms with Crippen LogP contribution in [0.25, 0.3) is 0 Å². The van der Waals surface area contributed by atoms with Crippen LogP contribution in [0.5, 0.6) is 0 Å². The van der Waals surface area contributed by atoms with Crippen molar-refractivity contribution in [2.24, 2.45) is 0 Å². The van der Waals surface area contributed by atoms with E-state index in [2.05, 4.69) is 0 Å². The maximum absolute atomic E-state index is 12.8. The number of benzene rings is 3. The van der Waals surface area contributed by atoms with Crippen molar-refractivity contribution in [1.29, 1.82) is 0 Å². The van der Waals surface area contributed by atoms with Gasteiger partial charge in [0.05, 0.1) is 16.7 Å². The van der Waals surface area contributed by atoms with Crippen molar-refractivity contribution in [1.82, 2.24) is 0 Å². The van der Waals surface area contributed by atoms with Gasteiger partial charge in [0.2, 0.25) is 0 Å². The van der Waals surface area contributed by atoms with Crippen LogP contribution >= 0.6 is 0 Å². The number of carbonyl (C=O) groups is 3. The summed E-state index contributed by atoms with van der Waals surface area (Å²) in [4.78, 5) is 38.0. The predicted molar refractivity (Wildman–Crippen MR) is 125 cm³/mol.